The lowest BCUT2D eigenvalue weighted by atomic mass is 9.96. The van der Waals surface area contributed by atoms with Crippen molar-refractivity contribution in [2.75, 3.05) is 11.9 Å². The fourth-order valence-corrected chi connectivity index (χ4v) is 2.64. The predicted octanol–water partition coefficient (Wildman–Crippen LogP) is 3.08. The molecule has 1 aromatic carbocycles. The molecule has 0 heterocycles. The van der Waals surface area contributed by atoms with E-state index in [1.54, 1.807) is 0 Å². The summed E-state index contributed by atoms with van der Waals surface area (Å²) in [6.07, 6.45) is 9.24. The van der Waals surface area contributed by atoms with Crippen molar-refractivity contribution < 1.29 is 9.53 Å². The molecule has 1 aliphatic carbocycles. The van der Waals surface area contributed by atoms with Crippen LogP contribution in [0.3, 0.4) is 0 Å². The molecule has 0 atom stereocenters. The Labute approximate surface area is 120 Å². The summed E-state index contributed by atoms with van der Waals surface area (Å²) in [5.74, 6) is 0.216. The Balaban J connectivity index is 1.84. The molecule has 3 N–H and O–H groups in total. The molecular weight excluding hydrogens is 252 g/mol. The van der Waals surface area contributed by atoms with Crippen molar-refractivity contribution in [1.82, 2.24) is 0 Å². The summed E-state index contributed by atoms with van der Waals surface area (Å²) in [5, 5.41) is 3.59. The third-order valence-corrected chi connectivity index (χ3v) is 3.71. The number of carbonyl (C=O) groups excluding carboxylic acids is 1. The summed E-state index contributed by atoms with van der Waals surface area (Å²) in [6, 6.07) is 8.31. The third kappa shape index (κ3) is 5.11. The monoisotopic (exact) mass is 276 g/mol. The number of carbonyl (C=O) groups is 1. The largest absolute Gasteiger partial charge is 0.484 e. The molecule has 1 fully saturated rings. The Morgan fingerprint density at radius 3 is 2.30 bits per heavy atom. The zero-order valence-electron chi connectivity index (χ0n) is 11.9. The molecule has 20 heavy (non-hydrogen) atoms. The Hall–Kier alpha value is -1.71. The number of hydrogen-bond acceptors (Lipinski definition) is 3. The molecule has 0 spiro atoms. The number of benzene rings is 1. The van der Waals surface area contributed by atoms with E-state index in [0.717, 1.165) is 5.69 Å². The van der Waals surface area contributed by atoms with Gasteiger partial charge in [-0.05, 0) is 37.1 Å². The van der Waals surface area contributed by atoms with Gasteiger partial charge in [0.05, 0.1) is 0 Å². The van der Waals surface area contributed by atoms with Gasteiger partial charge in [0.15, 0.2) is 6.61 Å². The summed E-state index contributed by atoms with van der Waals surface area (Å²) in [5.41, 5.74) is 6.16. The number of amides is 1. The van der Waals surface area contributed by atoms with Crippen molar-refractivity contribution in [3.05, 3.63) is 24.3 Å². The lowest BCUT2D eigenvalue weighted by Gasteiger charge is -2.22. The standard InChI is InChI=1S/C16H24N2O2/c17-16(19)12-20-15-10-8-14(9-11-15)18-13-6-4-2-1-3-5-7-13/h8-11,13,18H,1-7,12H2,(H2,17,19). The van der Waals surface area contributed by atoms with E-state index in [2.05, 4.69) is 5.32 Å². The van der Waals surface area contributed by atoms with Crippen LogP contribution in [0.1, 0.15) is 44.9 Å². The number of nitrogens with two attached hydrogens (primary N) is 1. The molecule has 1 aromatic rings. The number of nitrogens with one attached hydrogen (secondary N) is 1. The maximum absolute atomic E-state index is 10.6. The second-order valence-corrected chi connectivity index (χ2v) is 5.47. The molecule has 0 bridgehead atoms. The number of hydrogen-bond donors (Lipinski definition) is 2. The summed E-state index contributed by atoms with van der Waals surface area (Å²) >= 11 is 0. The topological polar surface area (TPSA) is 64.4 Å². The van der Waals surface area contributed by atoms with Crippen molar-refractivity contribution in [1.29, 1.82) is 0 Å². The van der Waals surface area contributed by atoms with Crippen molar-refractivity contribution in [3.8, 4) is 5.75 Å². The van der Waals surface area contributed by atoms with E-state index in [9.17, 15) is 4.79 Å². The van der Waals surface area contributed by atoms with Crippen LogP contribution in [0.25, 0.3) is 0 Å². The highest BCUT2D eigenvalue weighted by atomic mass is 16.5. The van der Waals surface area contributed by atoms with E-state index < -0.39 is 5.91 Å². The van der Waals surface area contributed by atoms with Crippen LogP contribution in [0, 0.1) is 0 Å². The SMILES string of the molecule is NC(=O)COc1ccc(NC2CCCCCCC2)cc1. The first-order chi connectivity index (χ1) is 9.74. The van der Waals surface area contributed by atoms with Crippen molar-refractivity contribution in [2.24, 2.45) is 5.73 Å². The van der Waals surface area contributed by atoms with Crippen LogP contribution in [0.2, 0.25) is 0 Å². The van der Waals surface area contributed by atoms with Gasteiger partial charge in [0.2, 0.25) is 0 Å². The molecular formula is C16H24N2O2. The lowest BCUT2D eigenvalue weighted by molar-refractivity contribution is -0.119. The lowest BCUT2D eigenvalue weighted by Crippen LogP contribution is -2.21. The van der Waals surface area contributed by atoms with Crippen LogP contribution in [0.15, 0.2) is 24.3 Å². The zero-order valence-corrected chi connectivity index (χ0v) is 11.9. The van der Waals surface area contributed by atoms with Crippen LogP contribution >= 0.6 is 0 Å². The van der Waals surface area contributed by atoms with Gasteiger partial charge < -0.3 is 15.8 Å². The highest BCUT2D eigenvalue weighted by Gasteiger charge is 2.10. The second kappa shape index (κ2) is 7.78. The minimum atomic E-state index is -0.457. The molecule has 0 unspecified atom stereocenters. The number of anilines is 1. The molecule has 0 aromatic heterocycles. The van der Waals surface area contributed by atoms with E-state index >= 15 is 0 Å². The molecule has 0 saturated heterocycles. The smallest absolute Gasteiger partial charge is 0.255 e. The van der Waals surface area contributed by atoms with Gasteiger partial charge in [-0.2, -0.15) is 0 Å². The minimum Gasteiger partial charge on any atom is -0.484 e. The predicted molar refractivity (Wildman–Crippen MR) is 80.9 cm³/mol. The van der Waals surface area contributed by atoms with Gasteiger partial charge in [-0.25, -0.2) is 0 Å². The van der Waals surface area contributed by atoms with Crippen LogP contribution in [-0.2, 0) is 4.79 Å². The van der Waals surface area contributed by atoms with Gasteiger partial charge in [-0.15, -0.1) is 0 Å². The van der Waals surface area contributed by atoms with E-state index in [0.29, 0.717) is 11.8 Å². The normalized spacial score (nSPS) is 17.0. The van der Waals surface area contributed by atoms with Crippen LogP contribution in [0.4, 0.5) is 5.69 Å². The molecule has 2 rings (SSSR count). The maximum atomic E-state index is 10.6. The van der Waals surface area contributed by atoms with Crippen LogP contribution in [-0.4, -0.2) is 18.6 Å². The van der Waals surface area contributed by atoms with E-state index in [1.165, 1.54) is 44.9 Å². The first kappa shape index (κ1) is 14.7. The van der Waals surface area contributed by atoms with Crippen LogP contribution < -0.4 is 15.8 Å². The first-order valence-corrected chi connectivity index (χ1v) is 7.52. The fraction of sp³-hybridized carbons (Fsp3) is 0.562. The number of ether oxygens (including phenoxy) is 1. The summed E-state index contributed by atoms with van der Waals surface area (Å²) in [4.78, 5) is 10.6. The van der Waals surface area contributed by atoms with E-state index in [4.69, 9.17) is 10.5 Å². The highest BCUT2D eigenvalue weighted by Crippen LogP contribution is 2.22. The molecule has 4 nitrogen and oxygen atoms in total. The molecule has 110 valence electrons. The molecule has 1 aliphatic rings. The fourth-order valence-electron chi connectivity index (χ4n) is 2.64. The Kier molecular flexibility index (Phi) is 5.71. The van der Waals surface area contributed by atoms with E-state index in [1.807, 2.05) is 24.3 Å². The van der Waals surface area contributed by atoms with Crippen LogP contribution in [0.5, 0.6) is 5.75 Å². The van der Waals surface area contributed by atoms with E-state index in [-0.39, 0.29) is 6.61 Å². The van der Waals surface area contributed by atoms with Crippen molar-refractivity contribution in [3.63, 3.8) is 0 Å². The van der Waals surface area contributed by atoms with Gasteiger partial charge in [0.1, 0.15) is 5.75 Å². The Morgan fingerprint density at radius 1 is 1.10 bits per heavy atom. The zero-order chi connectivity index (χ0) is 14.2. The second-order valence-electron chi connectivity index (χ2n) is 5.47. The molecule has 1 amide bonds. The molecule has 1 saturated carbocycles. The maximum Gasteiger partial charge on any atom is 0.255 e. The first-order valence-electron chi connectivity index (χ1n) is 7.52. The number of rotatable bonds is 5. The summed E-state index contributed by atoms with van der Waals surface area (Å²) in [6.45, 7) is -0.0740. The van der Waals surface area contributed by atoms with Gasteiger partial charge >= 0.3 is 0 Å². The minimum absolute atomic E-state index is 0.0740. The summed E-state index contributed by atoms with van der Waals surface area (Å²) in [7, 11) is 0. The molecule has 0 aliphatic heterocycles. The van der Waals surface area contributed by atoms with Gasteiger partial charge in [0.25, 0.3) is 5.91 Å². The average Bonchev–Trinajstić information content (AvgIpc) is 2.41. The quantitative estimate of drug-likeness (QED) is 0.868. The highest BCUT2D eigenvalue weighted by molar-refractivity contribution is 5.75. The van der Waals surface area contributed by atoms with Gasteiger partial charge in [-0.1, -0.05) is 32.1 Å². The number of primary amides is 1. The molecule has 0 radical (unpaired) electrons. The van der Waals surface area contributed by atoms with Gasteiger partial charge in [-0.3, -0.25) is 4.79 Å². The third-order valence-electron chi connectivity index (χ3n) is 3.71. The van der Waals surface area contributed by atoms with Crippen molar-refractivity contribution >= 4 is 11.6 Å². The Morgan fingerprint density at radius 2 is 1.70 bits per heavy atom. The Bertz CT molecular complexity index is 409. The average molecular weight is 276 g/mol. The van der Waals surface area contributed by atoms with Gasteiger partial charge in [0, 0.05) is 11.7 Å². The van der Waals surface area contributed by atoms with Crippen molar-refractivity contribution in [2.45, 2.75) is 51.0 Å². The molecule has 4 heteroatoms. The summed E-state index contributed by atoms with van der Waals surface area (Å²) < 4.78 is 5.25.